The van der Waals surface area contributed by atoms with Gasteiger partial charge in [-0.1, -0.05) is 45.4 Å². The molecule has 1 fully saturated rings. The standard InChI is InChI=1S/C14H29NO2/c1-2-3-4-5-6-7-8-9-15-10-11-17-14(12-15)13-16/h14,16H,2-13H2,1H3. The number of morpholine rings is 1. The molecule has 1 heterocycles. The molecule has 1 aliphatic heterocycles. The zero-order chi connectivity index (χ0) is 12.3. The maximum absolute atomic E-state index is 9.05. The van der Waals surface area contributed by atoms with Crippen LogP contribution in [-0.4, -0.2) is 49.0 Å². The van der Waals surface area contributed by atoms with Crippen LogP contribution in [0.3, 0.4) is 0 Å². The van der Waals surface area contributed by atoms with E-state index in [0.717, 1.165) is 19.7 Å². The molecule has 1 N–H and O–H groups in total. The molecular formula is C14H29NO2. The monoisotopic (exact) mass is 243 g/mol. The molecule has 1 atom stereocenters. The van der Waals surface area contributed by atoms with E-state index in [0.29, 0.717) is 0 Å². The Labute approximate surface area is 106 Å². The number of hydrogen-bond donors (Lipinski definition) is 1. The van der Waals surface area contributed by atoms with E-state index < -0.39 is 0 Å². The molecule has 3 heteroatoms. The van der Waals surface area contributed by atoms with Crippen LogP contribution in [0.5, 0.6) is 0 Å². The lowest BCUT2D eigenvalue weighted by molar-refractivity contribution is -0.0529. The van der Waals surface area contributed by atoms with Crippen LogP contribution in [0.1, 0.15) is 51.9 Å². The van der Waals surface area contributed by atoms with E-state index in [-0.39, 0.29) is 12.7 Å². The number of aliphatic hydroxyl groups excluding tert-OH is 1. The first-order chi connectivity index (χ1) is 8.36. The van der Waals surface area contributed by atoms with Crippen molar-refractivity contribution in [1.29, 1.82) is 0 Å². The molecule has 0 aromatic carbocycles. The lowest BCUT2D eigenvalue weighted by atomic mass is 10.1. The summed E-state index contributed by atoms with van der Waals surface area (Å²) in [6, 6.07) is 0. The average molecular weight is 243 g/mol. The molecule has 1 rings (SSSR count). The summed E-state index contributed by atoms with van der Waals surface area (Å²) < 4.78 is 5.44. The van der Waals surface area contributed by atoms with Crippen molar-refractivity contribution >= 4 is 0 Å². The van der Waals surface area contributed by atoms with Crippen LogP contribution in [0.25, 0.3) is 0 Å². The lowest BCUT2D eigenvalue weighted by Crippen LogP contribution is -2.44. The summed E-state index contributed by atoms with van der Waals surface area (Å²) in [5.41, 5.74) is 0. The molecule has 0 amide bonds. The van der Waals surface area contributed by atoms with E-state index >= 15 is 0 Å². The van der Waals surface area contributed by atoms with Crippen molar-refractivity contribution in [1.82, 2.24) is 4.90 Å². The van der Waals surface area contributed by atoms with Gasteiger partial charge in [-0.15, -0.1) is 0 Å². The second-order valence-electron chi connectivity index (χ2n) is 5.10. The van der Waals surface area contributed by atoms with Gasteiger partial charge in [0, 0.05) is 13.1 Å². The summed E-state index contributed by atoms with van der Waals surface area (Å²) in [5, 5.41) is 9.05. The first-order valence-corrected chi connectivity index (χ1v) is 7.31. The molecular weight excluding hydrogens is 214 g/mol. The summed E-state index contributed by atoms with van der Waals surface area (Å²) in [6.07, 6.45) is 9.60. The highest BCUT2D eigenvalue weighted by Gasteiger charge is 2.18. The van der Waals surface area contributed by atoms with E-state index in [1.165, 1.54) is 51.5 Å². The minimum atomic E-state index is 0.0494. The zero-order valence-electron chi connectivity index (χ0n) is 11.4. The Morgan fingerprint density at radius 3 is 2.53 bits per heavy atom. The van der Waals surface area contributed by atoms with Crippen molar-refractivity contribution in [2.24, 2.45) is 0 Å². The van der Waals surface area contributed by atoms with Gasteiger partial charge in [0.05, 0.1) is 19.3 Å². The summed E-state index contributed by atoms with van der Waals surface area (Å²) in [5.74, 6) is 0. The normalized spacial score (nSPS) is 21.9. The summed E-state index contributed by atoms with van der Waals surface area (Å²) in [6.45, 7) is 6.32. The number of ether oxygens (including phenoxy) is 1. The van der Waals surface area contributed by atoms with Crippen LogP contribution in [0.2, 0.25) is 0 Å². The van der Waals surface area contributed by atoms with Gasteiger partial charge < -0.3 is 9.84 Å². The molecule has 1 aliphatic rings. The van der Waals surface area contributed by atoms with Gasteiger partial charge in [-0.2, -0.15) is 0 Å². The average Bonchev–Trinajstić information content (AvgIpc) is 2.38. The van der Waals surface area contributed by atoms with E-state index in [1.807, 2.05) is 0 Å². The Hall–Kier alpha value is -0.120. The Balaban J connectivity index is 1.91. The maximum atomic E-state index is 9.05. The van der Waals surface area contributed by atoms with Crippen molar-refractivity contribution in [3.8, 4) is 0 Å². The molecule has 0 aliphatic carbocycles. The summed E-state index contributed by atoms with van der Waals surface area (Å²) in [4.78, 5) is 2.43. The molecule has 17 heavy (non-hydrogen) atoms. The molecule has 0 spiro atoms. The van der Waals surface area contributed by atoms with E-state index in [2.05, 4.69) is 11.8 Å². The lowest BCUT2D eigenvalue weighted by Gasteiger charge is -2.31. The van der Waals surface area contributed by atoms with Gasteiger partial charge >= 0.3 is 0 Å². The van der Waals surface area contributed by atoms with Gasteiger partial charge in [0.2, 0.25) is 0 Å². The highest BCUT2D eigenvalue weighted by molar-refractivity contribution is 4.70. The fourth-order valence-corrected chi connectivity index (χ4v) is 2.39. The molecule has 1 saturated heterocycles. The predicted molar refractivity (Wildman–Crippen MR) is 71.3 cm³/mol. The van der Waals surface area contributed by atoms with E-state index in [9.17, 15) is 0 Å². The van der Waals surface area contributed by atoms with Gasteiger partial charge in [-0.3, -0.25) is 4.90 Å². The Morgan fingerprint density at radius 2 is 1.82 bits per heavy atom. The van der Waals surface area contributed by atoms with Crippen LogP contribution in [0.15, 0.2) is 0 Å². The third kappa shape index (κ3) is 7.02. The third-order valence-electron chi connectivity index (χ3n) is 3.50. The van der Waals surface area contributed by atoms with Crippen molar-refractivity contribution in [2.75, 3.05) is 32.8 Å². The minimum absolute atomic E-state index is 0.0494. The molecule has 0 aromatic heterocycles. The van der Waals surface area contributed by atoms with Crippen molar-refractivity contribution in [3.63, 3.8) is 0 Å². The smallest absolute Gasteiger partial charge is 0.0932 e. The van der Waals surface area contributed by atoms with E-state index in [1.54, 1.807) is 0 Å². The van der Waals surface area contributed by atoms with Gasteiger partial charge in [0.25, 0.3) is 0 Å². The number of hydrogen-bond acceptors (Lipinski definition) is 3. The van der Waals surface area contributed by atoms with Crippen molar-refractivity contribution in [3.05, 3.63) is 0 Å². The van der Waals surface area contributed by atoms with Gasteiger partial charge in [0.15, 0.2) is 0 Å². The second-order valence-corrected chi connectivity index (χ2v) is 5.10. The predicted octanol–water partition coefficient (Wildman–Crippen LogP) is 2.43. The molecule has 102 valence electrons. The SMILES string of the molecule is CCCCCCCCCN1CCOC(CO)C1. The number of unbranched alkanes of at least 4 members (excludes halogenated alkanes) is 6. The second kappa shape index (κ2) is 9.86. The highest BCUT2D eigenvalue weighted by atomic mass is 16.5. The number of rotatable bonds is 9. The number of nitrogens with zero attached hydrogens (tertiary/aromatic N) is 1. The fraction of sp³-hybridized carbons (Fsp3) is 1.00. The minimum Gasteiger partial charge on any atom is -0.394 e. The molecule has 0 bridgehead atoms. The summed E-state index contributed by atoms with van der Waals surface area (Å²) >= 11 is 0. The van der Waals surface area contributed by atoms with Crippen LogP contribution in [0, 0.1) is 0 Å². The quantitative estimate of drug-likeness (QED) is 0.631. The maximum Gasteiger partial charge on any atom is 0.0932 e. The molecule has 0 aromatic rings. The van der Waals surface area contributed by atoms with Gasteiger partial charge in [0.1, 0.15) is 0 Å². The third-order valence-corrected chi connectivity index (χ3v) is 3.50. The Kier molecular flexibility index (Phi) is 8.67. The highest BCUT2D eigenvalue weighted by Crippen LogP contribution is 2.09. The largest absolute Gasteiger partial charge is 0.394 e. The van der Waals surface area contributed by atoms with Crippen LogP contribution in [0.4, 0.5) is 0 Å². The zero-order valence-corrected chi connectivity index (χ0v) is 11.4. The van der Waals surface area contributed by atoms with Crippen LogP contribution >= 0.6 is 0 Å². The number of aliphatic hydroxyl groups is 1. The van der Waals surface area contributed by atoms with Gasteiger partial charge in [-0.05, 0) is 13.0 Å². The summed E-state index contributed by atoms with van der Waals surface area (Å²) in [7, 11) is 0. The first-order valence-electron chi connectivity index (χ1n) is 7.31. The molecule has 0 radical (unpaired) electrons. The van der Waals surface area contributed by atoms with E-state index in [4.69, 9.17) is 9.84 Å². The topological polar surface area (TPSA) is 32.7 Å². The van der Waals surface area contributed by atoms with Gasteiger partial charge in [-0.25, -0.2) is 0 Å². The fourth-order valence-electron chi connectivity index (χ4n) is 2.39. The van der Waals surface area contributed by atoms with Crippen molar-refractivity contribution < 1.29 is 9.84 Å². The molecule has 1 unspecified atom stereocenters. The van der Waals surface area contributed by atoms with Crippen LogP contribution < -0.4 is 0 Å². The Morgan fingerprint density at radius 1 is 1.12 bits per heavy atom. The molecule has 3 nitrogen and oxygen atoms in total. The Bertz CT molecular complexity index is 176. The van der Waals surface area contributed by atoms with Crippen LogP contribution in [-0.2, 0) is 4.74 Å². The van der Waals surface area contributed by atoms with Crippen molar-refractivity contribution in [2.45, 2.75) is 58.0 Å². The molecule has 0 saturated carbocycles. The first kappa shape index (κ1) is 14.9.